The van der Waals surface area contributed by atoms with Gasteiger partial charge in [-0.15, -0.1) is 0 Å². The molecule has 1 aliphatic rings. The first-order valence-electron chi connectivity index (χ1n) is 6.67. The number of carbonyl (C=O) groups excluding carboxylic acids is 1. The Morgan fingerprint density at radius 3 is 3.11 bits per heavy atom. The summed E-state index contributed by atoms with van der Waals surface area (Å²) in [5.41, 5.74) is 0.345. The van der Waals surface area contributed by atoms with Crippen LogP contribution in [0, 0.1) is 0 Å². The van der Waals surface area contributed by atoms with Crippen molar-refractivity contribution in [3.8, 4) is 0 Å². The van der Waals surface area contributed by atoms with Crippen LogP contribution in [0.3, 0.4) is 0 Å². The van der Waals surface area contributed by atoms with Crippen molar-refractivity contribution in [3.05, 3.63) is 18.1 Å². The highest BCUT2D eigenvalue weighted by Gasteiger charge is 2.22. The van der Waals surface area contributed by atoms with Crippen molar-refractivity contribution in [2.45, 2.75) is 38.8 Å². The molecule has 6 heteroatoms. The van der Waals surface area contributed by atoms with E-state index in [-0.39, 0.29) is 18.1 Å². The molecule has 6 nitrogen and oxygen atoms in total. The van der Waals surface area contributed by atoms with Crippen LogP contribution in [0.4, 0.5) is 5.82 Å². The monoisotopic (exact) mass is 264 g/mol. The van der Waals surface area contributed by atoms with Crippen LogP contribution >= 0.6 is 0 Å². The van der Waals surface area contributed by atoms with Gasteiger partial charge in [0, 0.05) is 19.2 Å². The number of carbonyl (C=O) groups is 1. The molecule has 2 rings (SSSR count). The van der Waals surface area contributed by atoms with Gasteiger partial charge in [-0.2, -0.15) is 0 Å². The number of nitrogens with zero attached hydrogens (tertiary/aromatic N) is 2. The minimum absolute atomic E-state index is 0.154. The highest BCUT2D eigenvalue weighted by molar-refractivity contribution is 5.92. The molecule has 0 aliphatic carbocycles. The van der Waals surface area contributed by atoms with E-state index in [4.69, 9.17) is 4.74 Å². The topological polar surface area (TPSA) is 76.1 Å². The van der Waals surface area contributed by atoms with Gasteiger partial charge in [0.05, 0.1) is 18.5 Å². The summed E-state index contributed by atoms with van der Waals surface area (Å²) in [6.45, 7) is 5.42. The van der Waals surface area contributed by atoms with Gasteiger partial charge in [-0.1, -0.05) is 0 Å². The molecule has 1 amide bonds. The molecule has 1 saturated heterocycles. The van der Waals surface area contributed by atoms with Crippen LogP contribution in [0.15, 0.2) is 12.4 Å². The van der Waals surface area contributed by atoms with E-state index in [0.717, 1.165) is 19.4 Å². The maximum atomic E-state index is 12.1. The standard InChI is InChI=1S/C13H20N4O2/c1-3-15-12-8-14-7-11(17-12)13(18)16-10-4-5-19-9(2)6-10/h7-10H,3-6H2,1-2H3,(H,15,17)(H,16,18). The van der Waals surface area contributed by atoms with Gasteiger partial charge >= 0.3 is 0 Å². The molecule has 0 bridgehead atoms. The van der Waals surface area contributed by atoms with E-state index in [9.17, 15) is 4.79 Å². The van der Waals surface area contributed by atoms with E-state index in [1.165, 1.54) is 6.20 Å². The maximum absolute atomic E-state index is 12.1. The lowest BCUT2D eigenvalue weighted by Gasteiger charge is -2.27. The molecule has 1 aliphatic heterocycles. The Morgan fingerprint density at radius 1 is 1.53 bits per heavy atom. The van der Waals surface area contributed by atoms with Gasteiger partial charge in [-0.05, 0) is 26.7 Å². The fraction of sp³-hybridized carbons (Fsp3) is 0.615. The van der Waals surface area contributed by atoms with E-state index in [1.807, 2.05) is 13.8 Å². The fourth-order valence-corrected chi connectivity index (χ4v) is 2.13. The second kappa shape index (κ2) is 6.47. The van der Waals surface area contributed by atoms with Crippen LogP contribution in [-0.4, -0.2) is 41.2 Å². The maximum Gasteiger partial charge on any atom is 0.271 e. The third-order valence-corrected chi connectivity index (χ3v) is 3.05. The first kappa shape index (κ1) is 13.7. The molecule has 104 valence electrons. The minimum atomic E-state index is -0.175. The van der Waals surface area contributed by atoms with Gasteiger partial charge in [0.15, 0.2) is 0 Å². The molecule has 0 aromatic carbocycles. The zero-order valence-electron chi connectivity index (χ0n) is 11.3. The summed E-state index contributed by atoms with van der Waals surface area (Å²) in [6.07, 6.45) is 4.97. The molecule has 1 aromatic heterocycles. The van der Waals surface area contributed by atoms with Crippen molar-refractivity contribution >= 4 is 11.7 Å². The number of hydrogen-bond acceptors (Lipinski definition) is 5. The summed E-state index contributed by atoms with van der Waals surface area (Å²) >= 11 is 0. The van der Waals surface area contributed by atoms with Crippen molar-refractivity contribution in [2.75, 3.05) is 18.5 Å². The lowest BCUT2D eigenvalue weighted by atomic mass is 10.0. The lowest BCUT2D eigenvalue weighted by Crippen LogP contribution is -2.41. The van der Waals surface area contributed by atoms with Crippen LogP contribution < -0.4 is 10.6 Å². The SMILES string of the molecule is CCNc1cncc(C(=O)NC2CCOC(C)C2)n1. The van der Waals surface area contributed by atoms with E-state index in [2.05, 4.69) is 20.6 Å². The van der Waals surface area contributed by atoms with Crippen LogP contribution in [0.25, 0.3) is 0 Å². The average molecular weight is 264 g/mol. The highest BCUT2D eigenvalue weighted by atomic mass is 16.5. The summed E-state index contributed by atoms with van der Waals surface area (Å²) in [5.74, 6) is 0.446. The molecule has 2 atom stereocenters. The molecular weight excluding hydrogens is 244 g/mol. The molecule has 0 spiro atoms. The number of nitrogens with one attached hydrogen (secondary N) is 2. The van der Waals surface area contributed by atoms with Gasteiger partial charge in [0.1, 0.15) is 11.5 Å². The number of hydrogen-bond donors (Lipinski definition) is 2. The second-order valence-corrected chi connectivity index (χ2v) is 4.70. The third-order valence-electron chi connectivity index (χ3n) is 3.05. The normalized spacial score (nSPS) is 22.8. The van der Waals surface area contributed by atoms with E-state index >= 15 is 0 Å². The van der Waals surface area contributed by atoms with Crippen LogP contribution in [0.2, 0.25) is 0 Å². The fourth-order valence-electron chi connectivity index (χ4n) is 2.13. The Labute approximate surface area is 113 Å². The van der Waals surface area contributed by atoms with Crippen molar-refractivity contribution in [2.24, 2.45) is 0 Å². The average Bonchev–Trinajstić information content (AvgIpc) is 2.39. The van der Waals surface area contributed by atoms with Crippen molar-refractivity contribution in [1.29, 1.82) is 0 Å². The zero-order valence-corrected chi connectivity index (χ0v) is 11.3. The first-order chi connectivity index (χ1) is 9.19. The predicted molar refractivity (Wildman–Crippen MR) is 72.1 cm³/mol. The Bertz CT molecular complexity index is 438. The molecule has 19 heavy (non-hydrogen) atoms. The van der Waals surface area contributed by atoms with Gasteiger partial charge in [0.25, 0.3) is 5.91 Å². The molecule has 2 unspecified atom stereocenters. The Kier molecular flexibility index (Phi) is 4.68. The molecule has 1 fully saturated rings. The van der Waals surface area contributed by atoms with Gasteiger partial charge in [-0.25, -0.2) is 4.98 Å². The summed E-state index contributed by atoms with van der Waals surface area (Å²) in [7, 11) is 0. The summed E-state index contributed by atoms with van der Waals surface area (Å²) < 4.78 is 5.46. The molecule has 1 aromatic rings. The van der Waals surface area contributed by atoms with Crippen LogP contribution in [-0.2, 0) is 4.74 Å². The first-order valence-corrected chi connectivity index (χ1v) is 6.67. The van der Waals surface area contributed by atoms with Gasteiger partial charge < -0.3 is 15.4 Å². The lowest BCUT2D eigenvalue weighted by molar-refractivity contribution is 0.0136. The molecule has 0 radical (unpaired) electrons. The molecule has 0 saturated carbocycles. The van der Waals surface area contributed by atoms with Crippen molar-refractivity contribution in [3.63, 3.8) is 0 Å². The van der Waals surface area contributed by atoms with Crippen molar-refractivity contribution < 1.29 is 9.53 Å². The minimum Gasteiger partial charge on any atom is -0.378 e. The highest BCUT2D eigenvalue weighted by Crippen LogP contribution is 2.13. The molecular formula is C13H20N4O2. The Hall–Kier alpha value is -1.69. The Morgan fingerprint density at radius 2 is 2.37 bits per heavy atom. The summed E-state index contributed by atoms with van der Waals surface area (Å²) in [6, 6.07) is 0.154. The van der Waals surface area contributed by atoms with Crippen molar-refractivity contribution in [1.82, 2.24) is 15.3 Å². The van der Waals surface area contributed by atoms with E-state index in [0.29, 0.717) is 18.1 Å². The summed E-state index contributed by atoms with van der Waals surface area (Å²) in [4.78, 5) is 20.3. The smallest absolute Gasteiger partial charge is 0.271 e. The molecule has 2 N–H and O–H groups in total. The van der Waals surface area contributed by atoms with Gasteiger partial charge in [0.2, 0.25) is 0 Å². The van der Waals surface area contributed by atoms with E-state index in [1.54, 1.807) is 6.20 Å². The Balaban J connectivity index is 1.97. The molecule has 2 heterocycles. The largest absolute Gasteiger partial charge is 0.378 e. The zero-order chi connectivity index (χ0) is 13.7. The second-order valence-electron chi connectivity index (χ2n) is 4.70. The number of aromatic nitrogens is 2. The summed E-state index contributed by atoms with van der Waals surface area (Å²) in [5, 5.41) is 6.03. The predicted octanol–water partition coefficient (Wildman–Crippen LogP) is 1.21. The third kappa shape index (κ3) is 3.89. The van der Waals surface area contributed by atoms with Crippen LogP contribution in [0.1, 0.15) is 37.2 Å². The van der Waals surface area contributed by atoms with E-state index < -0.39 is 0 Å². The van der Waals surface area contributed by atoms with Gasteiger partial charge in [-0.3, -0.25) is 9.78 Å². The van der Waals surface area contributed by atoms with Crippen LogP contribution in [0.5, 0.6) is 0 Å². The quantitative estimate of drug-likeness (QED) is 0.854. The number of anilines is 1. The number of amides is 1. The number of rotatable bonds is 4. The number of ether oxygens (including phenoxy) is 1.